The van der Waals surface area contributed by atoms with E-state index in [1.165, 1.54) is 11.1 Å². The van der Waals surface area contributed by atoms with E-state index in [0.717, 1.165) is 24.5 Å². The van der Waals surface area contributed by atoms with E-state index in [1.54, 1.807) is 14.2 Å². The maximum atomic E-state index is 5.71. The van der Waals surface area contributed by atoms with Crippen LogP contribution in [0.5, 0.6) is 11.5 Å². The summed E-state index contributed by atoms with van der Waals surface area (Å²) in [6.45, 7) is 7.77. The molecule has 4 nitrogen and oxygen atoms in total. The van der Waals surface area contributed by atoms with E-state index in [9.17, 15) is 0 Å². The van der Waals surface area contributed by atoms with Crippen LogP contribution in [-0.4, -0.2) is 32.8 Å². The summed E-state index contributed by atoms with van der Waals surface area (Å²) < 4.78 is 10.7. The van der Waals surface area contributed by atoms with Gasteiger partial charge in [-0.3, -0.25) is 0 Å². The summed E-state index contributed by atoms with van der Waals surface area (Å²) in [6.07, 6.45) is 0.905. The third kappa shape index (κ3) is 4.40. The largest absolute Gasteiger partial charge is 0.497 e. The Labute approximate surface area is 116 Å². The standard InChI is InChI=1S/C15H26N2O2/c1-11-8-12(18-4)9-14(19-5)13(11)6-7-17-15(2,3)10-16/h8-9,17H,6-7,10,16H2,1-5H3. The average Bonchev–Trinajstić information content (AvgIpc) is 2.39. The van der Waals surface area contributed by atoms with Gasteiger partial charge >= 0.3 is 0 Å². The molecule has 0 aliphatic heterocycles. The van der Waals surface area contributed by atoms with Gasteiger partial charge in [-0.2, -0.15) is 0 Å². The molecule has 19 heavy (non-hydrogen) atoms. The maximum Gasteiger partial charge on any atom is 0.126 e. The van der Waals surface area contributed by atoms with E-state index < -0.39 is 0 Å². The fourth-order valence-corrected chi connectivity index (χ4v) is 1.97. The monoisotopic (exact) mass is 266 g/mol. The fraction of sp³-hybridized carbons (Fsp3) is 0.600. The van der Waals surface area contributed by atoms with Crippen molar-refractivity contribution in [3.05, 3.63) is 23.3 Å². The number of nitrogens with one attached hydrogen (secondary N) is 1. The van der Waals surface area contributed by atoms with E-state index in [-0.39, 0.29) is 5.54 Å². The van der Waals surface area contributed by atoms with Crippen molar-refractivity contribution in [2.45, 2.75) is 32.7 Å². The molecule has 0 unspecified atom stereocenters. The first kappa shape index (κ1) is 15.8. The van der Waals surface area contributed by atoms with Gasteiger partial charge in [0.05, 0.1) is 14.2 Å². The lowest BCUT2D eigenvalue weighted by Crippen LogP contribution is -2.46. The molecule has 0 radical (unpaired) electrons. The Morgan fingerprint density at radius 1 is 1.21 bits per heavy atom. The molecule has 0 saturated heterocycles. The van der Waals surface area contributed by atoms with Crippen LogP contribution >= 0.6 is 0 Å². The highest BCUT2D eigenvalue weighted by Gasteiger charge is 2.15. The second-order valence-corrected chi connectivity index (χ2v) is 5.39. The molecule has 0 aliphatic rings. The Morgan fingerprint density at radius 2 is 1.89 bits per heavy atom. The highest BCUT2D eigenvalue weighted by atomic mass is 16.5. The van der Waals surface area contributed by atoms with Crippen molar-refractivity contribution in [2.75, 3.05) is 27.3 Å². The fourth-order valence-electron chi connectivity index (χ4n) is 1.97. The predicted molar refractivity (Wildman–Crippen MR) is 79.1 cm³/mol. The van der Waals surface area contributed by atoms with Crippen LogP contribution in [0.3, 0.4) is 0 Å². The summed E-state index contributed by atoms with van der Waals surface area (Å²) in [5.74, 6) is 1.71. The molecule has 0 fully saturated rings. The van der Waals surface area contributed by atoms with Gasteiger partial charge in [-0.05, 0) is 50.9 Å². The van der Waals surface area contributed by atoms with Crippen LogP contribution in [-0.2, 0) is 6.42 Å². The number of hydrogen-bond acceptors (Lipinski definition) is 4. The second kappa shape index (κ2) is 6.78. The van der Waals surface area contributed by atoms with Gasteiger partial charge in [-0.25, -0.2) is 0 Å². The molecule has 108 valence electrons. The Kier molecular flexibility index (Phi) is 5.63. The molecule has 4 heteroatoms. The zero-order chi connectivity index (χ0) is 14.5. The molecule has 0 spiro atoms. The molecule has 1 aromatic carbocycles. The molecule has 1 rings (SSSR count). The summed E-state index contributed by atoms with van der Waals surface area (Å²) in [4.78, 5) is 0. The molecular formula is C15H26N2O2. The first-order chi connectivity index (χ1) is 8.93. The first-order valence-corrected chi connectivity index (χ1v) is 6.60. The lowest BCUT2D eigenvalue weighted by Gasteiger charge is -2.24. The van der Waals surface area contributed by atoms with Gasteiger partial charge in [-0.1, -0.05) is 0 Å². The van der Waals surface area contributed by atoms with Crippen molar-refractivity contribution < 1.29 is 9.47 Å². The number of methoxy groups -OCH3 is 2. The topological polar surface area (TPSA) is 56.5 Å². The van der Waals surface area contributed by atoms with Gasteiger partial charge in [0.25, 0.3) is 0 Å². The summed E-state index contributed by atoms with van der Waals surface area (Å²) >= 11 is 0. The van der Waals surface area contributed by atoms with Crippen molar-refractivity contribution in [3.63, 3.8) is 0 Å². The van der Waals surface area contributed by atoms with E-state index in [2.05, 4.69) is 26.1 Å². The van der Waals surface area contributed by atoms with Gasteiger partial charge in [0, 0.05) is 18.2 Å². The molecule has 0 amide bonds. The molecule has 0 bridgehead atoms. The van der Waals surface area contributed by atoms with Crippen LogP contribution in [0.1, 0.15) is 25.0 Å². The lowest BCUT2D eigenvalue weighted by molar-refractivity contribution is 0.383. The number of rotatable bonds is 7. The SMILES string of the molecule is COc1cc(C)c(CCNC(C)(C)CN)c(OC)c1. The molecule has 3 N–H and O–H groups in total. The predicted octanol–water partition coefficient (Wildman–Crippen LogP) is 1.88. The van der Waals surface area contributed by atoms with Crippen LogP contribution in [0, 0.1) is 6.92 Å². The van der Waals surface area contributed by atoms with Crippen molar-refractivity contribution in [2.24, 2.45) is 5.73 Å². The Morgan fingerprint density at radius 3 is 2.42 bits per heavy atom. The molecule has 0 heterocycles. The smallest absolute Gasteiger partial charge is 0.126 e. The third-order valence-electron chi connectivity index (χ3n) is 3.35. The zero-order valence-corrected chi connectivity index (χ0v) is 12.7. The van der Waals surface area contributed by atoms with Crippen LogP contribution in [0.4, 0.5) is 0 Å². The number of aryl methyl sites for hydroxylation is 1. The van der Waals surface area contributed by atoms with E-state index in [0.29, 0.717) is 6.54 Å². The summed E-state index contributed by atoms with van der Waals surface area (Å²) in [5.41, 5.74) is 8.07. The van der Waals surface area contributed by atoms with Crippen molar-refractivity contribution in [1.82, 2.24) is 5.32 Å². The quantitative estimate of drug-likeness (QED) is 0.791. The minimum atomic E-state index is -0.0341. The lowest BCUT2D eigenvalue weighted by atomic mass is 10.0. The molecule has 1 aromatic rings. The van der Waals surface area contributed by atoms with Crippen molar-refractivity contribution >= 4 is 0 Å². The zero-order valence-electron chi connectivity index (χ0n) is 12.7. The van der Waals surface area contributed by atoms with Gasteiger partial charge in [0.1, 0.15) is 11.5 Å². The minimum absolute atomic E-state index is 0.0341. The van der Waals surface area contributed by atoms with Crippen molar-refractivity contribution in [1.29, 1.82) is 0 Å². The van der Waals surface area contributed by atoms with E-state index in [1.807, 2.05) is 12.1 Å². The van der Waals surface area contributed by atoms with Crippen LogP contribution < -0.4 is 20.5 Å². The van der Waals surface area contributed by atoms with Crippen LogP contribution in [0.2, 0.25) is 0 Å². The second-order valence-electron chi connectivity index (χ2n) is 5.39. The van der Waals surface area contributed by atoms with E-state index in [4.69, 9.17) is 15.2 Å². The van der Waals surface area contributed by atoms with Gasteiger partial charge in [0.2, 0.25) is 0 Å². The van der Waals surface area contributed by atoms with Crippen molar-refractivity contribution in [3.8, 4) is 11.5 Å². The molecule has 0 aliphatic carbocycles. The van der Waals surface area contributed by atoms with Crippen LogP contribution in [0.25, 0.3) is 0 Å². The highest BCUT2D eigenvalue weighted by molar-refractivity contribution is 5.46. The Bertz CT molecular complexity index is 417. The minimum Gasteiger partial charge on any atom is -0.497 e. The normalized spacial score (nSPS) is 11.5. The third-order valence-corrected chi connectivity index (χ3v) is 3.35. The van der Waals surface area contributed by atoms with E-state index >= 15 is 0 Å². The molecular weight excluding hydrogens is 240 g/mol. The number of ether oxygens (including phenoxy) is 2. The Balaban J connectivity index is 2.78. The summed E-state index contributed by atoms with van der Waals surface area (Å²) in [6, 6.07) is 3.96. The molecule has 0 saturated carbocycles. The molecule has 0 aromatic heterocycles. The first-order valence-electron chi connectivity index (χ1n) is 6.60. The average molecular weight is 266 g/mol. The number of benzene rings is 1. The highest BCUT2D eigenvalue weighted by Crippen LogP contribution is 2.28. The maximum absolute atomic E-state index is 5.71. The van der Waals surface area contributed by atoms with Gasteiger partial charge in [0.15, 0.2) is 0 Å². The van der Waals surface area contributed by atoms with Gasteiger partial charge in [-0.15, -0.1) is 0 Å². The summed E-state index contributed by atoms with van der Waals surface area (Å²) in [5, 5.41) is 3.45. The number of nitrogens with two attached hydrogens (primary N) is 1. The van der Waals surface area contributed by atoms with Crippen LogP contribution in [0.15, 0.2) is 12.1 Å². The Hall–Kier alpha value is -1.26. The summed E-state index contributed by atoms with van der Waals surface area (Å²) in [7, 11) is 3.36. The molecule has 0 atom stereocenters. The van der Waals surface area contributed by atoms with Gasteiger partial charge < -0.3 is 20.5 Å². The number of hydrogen-bond donors (Lipinski definition) is 2.